The predicted octanol–water partition coefficient (Wildman–Crippen LogP) is 5.98. The van der Waals surface area contributed by atoms with Gasteiger partial charge in [0, 0.05) is 11.1 Å². The predicted molar refractivity (Wildman–Crippen MR) is 136 cm³/mol. The third kappa shape index (κ3) is 4.17. The Morgan fingerprint density at radius 3 is 2.76 bits per heavy atom. The number of thiophene rings is 1. The van der Waals surface area contributed by atoms with E-state index >= 15 is 0 Å². The molecule has 0 spiro atoms. The van der Waals surface area contributed by atoms with Crippen molar-refractivity contribution >= 4 is 55.1 Å². The molecule has 0 radical (unpaired) electrons. The lowest BCUT2D eigenvalue weighted by molar-refractivity contribution is -0.113. The number of para-hydroxylation sites is 2. The van der Waals surface area contributed by atoms with Crippen molar-refractivity contribution in [3.63, 3.8) is 0 Å². The van der Waals surface area contributed by atoms with Crippen LogP contribution in [-0.2, 0) is 17.6 Å². The normalized spacial score (nSPS) is 13.5. The molecular weight excluding hydrogens is 452 g/mol. The van der Waals surface area contributed by atoms with Crippen molar-refractivity contribution in [1.82, 2.24) is 15.0 Å². The number of hydrogen-bond acceptors (Lipinski definition) is 7. The monoisotopic (exact) mass is 478 g/mol. The highest BCUT2D eigenvalue weighted by atomic mass is 32.2. The summed E-state index contributed by atoms with van der Waals surface area (Å²) in [5.41, 5.74) is 5.70. The second-order valence-electron chi connectivity index (χ2n) is 8.49. The number of aryl methyl sites for hydroxylation is 1. The number of amides is 1. The summed E-state index contributed by atoms with van der Waals surface area (Å²) in [4.78, 5) is 27.9. The van der Waals surface area contributed by atoms with E-state index < -0.39 is 0 Å². The van der Waals surface area contributed by atoms with Gasteiger partial charge in [0.05, 0.1) is 28.8 Å². The smallest absolute Gasteiger partial charge is 0.234 e. The quantitative estimate of drug-likeness (QED) is 0.271. The largest absolute Gasteiger partial charge is 0.495 e. The first kappa shape index (κ1) is 22.1. The van der Waals surface area contributed by atoms with E-state index in [4.69, 9.17) is 9.72 Å². The van der Waals surface area contributed by atoms with Gasteiger partial charge in [-0.15, -0.1) is 11.3 Å². The maximum absolute atomic E-state index is 12.6. The van der Waals surface area contributed by atoms with Crippen LogP contribution >= 0.6 is 23.1 Å². The highest BCUT2D eigenvalue weighted by Crippen LogP contribution is 2.42. The number of benzene rings is 1. The van der Waals surface area contributed by atoms with Gasteiger partial charge in [-0.3, -0.25) is 4.79 Å². The summed E-state index contributed by atoms with van der Waals surface area (Å²) in [5.74, 6) is 1.18. The first-order chi connectivity index (χ1) is 16.1. The molecule has 3 aromatic heterocycles. The summed E-state index contributed by atoms with van der Waals surface area (Å²) in [7, 11) is 1.59. The molecule has 1 amide bonds. The number of methoxy groups -OCH3 is 1. The van der Waals surface area contributed by atoms with E-state index in [9.17, 15) is 4.79 Å². The molecule has 0 saturated heterocycles. The number of carbonyl (C=O) groups excluding carboxylic acids is 1. The summed E-state index contributed by atoms with van der Waals surface area (Å²) in [5, 5.41) is 4.95. The van der Waals surface area contributed by atoms with Crippen LogP contribution in [-0.4, -0.2) is 33.7 Å². The fourth-order valence-corrected chi connectivity index (χ4v) is 6.56. The van der Waals surface area contributed by atoms with Gasteiger partial charge in [0.2, 0.25) is 5.91 Å². The van der Waals surface area contributed by atoms with Crippen molar-refractivity contribution in [3.05, 3.63) is 47.4 Å². The van der Waals surface area contributed by atoms with E-state index in [1.165, 1.54) is 46.8 Å². The van der Waals surface area contributed by atoms with Gasteiger partial charge in [0.15, 0.2) is 0 Å². The van der Waals surface area contributed by atoms with Crippen molar-refractivity contribution in [2.24, 2.45) is 0 Å². The molecule has 0 fully saturated rings. The zero-order chi connectivity index (χ0) is 22.9. The Balaban J connectivity index is 1.47. The standard InChI is InChI=1S/C25H26N4O2S2/c1-14(2)21-16-9-5-4-8-15(16)20-22-23(33-24(20)29-21)25(27-13-26-22)32-12-19(30)28-17-10-6-7-11-18(17)31-3/h6-7,10-11,13-14H,4-5,8-9,12H2,1-3H3,(H,28,30). The van der Waals surface area contributed by atoms with Crippen LogP contribution in [0.15, 0.2) is 35.6 Å². The van der Waals surface area contributed by atoms with Crippen molar-refractivity contribution in [1.29, 1.82) is 0 Å². The Labute approximate surface area is 201 Å². The second-order valence-corrected chi connectivity index (χ2v) is 10.5. The highest BCUT2D eigenvalue weighted by molar-refractivity contribution is 8.00. The first-order valence-corrected chi connectivity index (χ1v) is 13.0. The zero-order valence-corrected chi connectivity index (χ0v) is 20.6. The first-order valence-electron chi connectivity index (χ1n) is 11.2. The Morgan fingerprint density at radius 2 is 1.97 bits per heavy atom. The lowest BCUT2D eigenvalue weighted by Gasteiger charge is -2.21. The van der Waals surface area contributed by atoms with E-state index in [0.717, 1.165) is 32.9 Å². The van der Waals surface area contributed by atoms with E-state index in [1.54, 1.807) is 24.8 Å². The average Bonchev–Trinajstić information content (AvgIpc) is 3.22. The number of ether oxygens (including phenoxy) is 1. The van der Waals surface area contributed by atoms with Crippen LogP contribution in [0.25, 0.3) is 20.4 Å². The summed E-state index contributed by atoms with van der Waals surface area (Å²) < 4.78 is 6.34. The number of nitrogens with one attached hydrogen (secondary N) is 1. The van der Waals surface area contributed by atoms with Gasteiger partial charge >= 0.3 is 0 Å². The van der Waals surface area contributed by atoms with Crippen LogP contribution in [0, 0.1) is 0 Å². The molecule has 5 rings (SSSR count). The van der Waals surface area contributed by atoms with E-state index in [2.05, 4.69) is 29.1 Å². The van der Waals surface area contributed by atoms with Crippen LogP contribution < -0.4 is 10.1 Å². The number of rotatable bonds is 6. The maximum atomic E-state index is 12.6. The molecule has 1 aliphatic rings. The molecule has 6 nitrogen and oxygen atoms in total. The molecule has 0 aliphatic heterocycles. The van der Waals surface area contributed by atoms with Gasteiger partial charge in [0.1, 0.15) is 21.9 Å². The molecule has 0 saturated carbocycles. The number of hydrogen-bond donors (Lipinski definition) is 1. The van der Waals surface area contributed by atoms with Crippen LogP contribution in [0.3, 0.4) is 0 Å². The van der Waals surface area contributed by atoms with E-state index in [1.807, 2.05) is 24.3 Å². The molecule has 0 unspecified atom stereocenters. The summed E-state index contributed by atoms with van der Waals surface area (Å²) in [6.07, 6.45) is 6.21. The lowest BCUT2D eigenvalue weighted by atomic mass is 9.86. The van der Waals surface area contributed by atoms with Crippen LogP contribution in [0.5, 0.6) is 5.75 Å². The number of pyridine rings is 1. The van der Waals surface area contributed by atoms with Crippen molar-refractivity contribution in [3.8, 4) is 5.75 Å². The fraction of sp³-hybridized carbons (Fsp3) is 0.360. The number of nitrogens with zero attached hydrogens (tertiary/aromatic N) is 3. The third-order valence-corrected chi connectivity index (χ3v) is 8.19. The lowest BCUT2D eigenvalue weighted by Crippen LogP contribution is -2.14. The van der Waals surface area contributed by atoms with E-state index in [-0.39, 0.29) is 11.7 Å². The second kappa shape index (κ2) is 9.27. The van der Waals surface area contributed by atoms with Gasteiger partial charge in [0.25, 0.3) is 0 Å². The topological polar surface area (TPSA) is 77.0 Å². The molecule has 1 aromatic carbocycles. The Kier molecular flexibility index (Phi) is 6.21. The van der Waals surface area contributed by atoms with Crippen molar-refractivity contribution in [2.45, 2.75) is 50.5 Å². The fourth-order valence-electron chi connectivity index (χ4n) is 4.52. The molecule has 0 atom stereocenters. The minimum Gasteiger partial charge on any atom is -0.495 e. The molecule has 3 heterocycles. The van der Waals surface area contributed by atoms with Crippen LogP contribution in [0.2, 0.25) is 0 Å². The molecule has 1 aliphatic carbocycles. The van der Waals surface area contributed by atoms with E-state index in [0.29, 0.717) is 17.4 Å². The average molecular weight is 479 g/mol. The van der Waals surface area contributed by atoms with Gasteiger partial charge in [-0.05, 0) is 54.9 Å². The van der Waals surface area contributed by atoms with Crippen molar-refractivity contribution in [2.75, 3.05) is 18.2 Å². The van der Waals surface area contributed by atoms with Gasteiger partial charge in [-0.1, -0.05) is 37.7 Å². The Hall–Kier alpha value is -2.71. The molecule has 1 N–H and O–H groups in total. The number of anilines is 1. The van der Waals surface area contributed by atoms with Gasteiger partial charge < -0.3 is 10.1 Å². The van der Waals surface area contributed by atoms with Gasteiger partial charge in [-0.25, -0.2) is 15.0 Å². The summed E-state index contributed by atoms with van der Waals surface area (Å²) >= 11 is 3.08. The summed E-state index contributed by atoms with van der Waals surface area (Å²) in [6, 6.07) is 7.40. The third-order valence-electron chi connectivity index (χ3n) is 5.99. The van der Waals surface area contributed by atoms with Crippen LogP contribution in [0.1, 0.15) is 49.4 Å². The number of aromatic nitrogens is 3. The molecular formula is C25H26N4O2S2. The van der Waals surface area contributed by atoms with Crippen LogP contribution in [0.4, 0.5) is 5.69 Å². The molecule has 33 heavy (non-hydrogen) atoms. The molecule has 0 bridgehead atoms. The summed E-state index contributed by atoms with van der Waals surface area (Å²) in [6.45, 7) is 4.44. The maximum Gasteiger partial charge on any atom is 0.234 e. The highest BCUT2D eigenvalue weighted by Gasteiger charge is 2.24. The minimum absolute atomic E-state index is 0.102. The minimum atomic E-state index is -0.102. The SMILES string of the molecule is COc1ccccc1NC(=O)CSc1ncnc2c1sc1nc(C(C)C)c3c(c12)CCCC3. The molecule has 8 heteroatoms. The van der Waals surface area contributed by atoms with Crippen molar-refractivity contribution < 1.29 is 9.53 Å². The Morgan fingerprint density at radius 1 is 1.18 bits per heavy atom. The number of thioether (sulfide) groups is 1. The Bertz CT molecular complexity index is 1350. The number of carbonyl (C=O) groups is 1. The zero-order valence-electron chi connectivity index (χ0n) is 19.0. The molecule has 4 aromatic rings. The number of fused-ring (bicyclic) bond motifs is 5. The van der Waals surface area contributed by atoms with Gasteiger partial charge in [-0.2, -0.15) is 0 Å². The molecule has 170 valence electrons.